The van der Waals surface area contributed by atoms with Gasteiger partial charge in [0, 0.05) is 13.1 Å². The number of nitrogens with zero attached hydrogens (tertiary/aromatic N) is 2. The van der Waals surface area contributed by atoms with Gasteiger partial charge in [-0.1, -0.05) is 20.3 Å². The summed E-state index contributed by atoms with van der Waals surface area (Å²) < 4.78 is 0. The number of carbonyl (C=O) groups excluding carboxylic acids is 1. The second kappa shape index (κ2) is 6.18. The van der Waals surface area contributed by atoms with Crippen LogP contribution in [0, 0.1) is 5.92 Å². The molecule has 1 heterocycles. The highest BCUT2D eigenvalue weighted by Gasteiger charge is 2.11. The molecule has 2 N–H and O–H groups in total. The fraction of sp³-hybridized carbons (Fsp3) is 0.583. The maximum Gasteiger partial charge on any atom is 0.271 e. The molecule has 5 nitrogen and oxygen atoms in total. The number of rotatable bonds is 5. The fourth-order valence-corrected chi connectivity index (χ4v) is 1.39. The Kier molecular flexibility index (Phi) is 4.87. The minimum Gasteiger partial charge on any atom is -0.366 e. The topological polar surface area (TPSA) is 66.9 Å². The summed E-state index contributed by atoms with van der Waals surface area (Å²) in [6.45, 7) is 6.45. The highest BCUT2D eigenvalue weighted by Crippen LogP contribution is 2.12. The molecule has 1 amide bonds. The predicted octanol–water partition coefficient (Wildman–Crippen LogP) is 1.68. The molecule has 0 fully saturated rings. The van der Waals surface area contributed by atoms with Crippen molar-refractivity contribution >= 4 is 11.7 Å². The van der Waals surface area contributed by atoms with Crippen molar-refractivity contribution < 1.29 is 4.79 Å². The van der Waals surface area contributed by atoms with Crippen LogP contribution in [0.15, 0.2) is 12.1 Å². The smallest absolute Gasteiger partial charge is 0.271 e. The van der Waals surface area contributed by atoms with E-state index in [1.165, 1.54) is 0 Å². The molecule has 0 saturated carbocycles. The number of hydrogen-bond donors (Lipinski definition) is 2. The van der Waals surface area contributed by atoms with Crippen LogP contribution in [0.5, 0.6) is 0 Å². The van der Waals surface area contributed by atoms with Gasteiger partial charge in [-0.25, -0.2) is 0 Å². The zero-order chi connectivity index (χ0) is 12.8. The number of hydrogen-bond acceptors (Lipinski definition) is 4. The number of nitrogens with one attached hydrogen (secondary N) is 2. The van der Waals surface area contributed by atoms with E-state index in [1.807, 2.05) is 0 Å². The molecule has 17 heavy (non-hydrogen) atoms. The molecule has 0 aliphatic heterocycles. The van der Waals surface area contributed by atoms with E-state index < -0.39 is 0 Å². The van der Waals surface area contributed by atoms with Crippen molar-refractivity contribution in [2.75, 3.05) is 12.4 Å². The van der Waals surface area contributed by atoms with E-state index in [-0.39, 0.29) is 5.91 Å². The molecule has 0 aliphatic carbocycles. The Morgan fingerprint density at radius 3 is 2.53 bits per heavy atom. The van der Waals surface area contributed by atoms with Crippen LogP contribution in [0.2, 0.25) is 0 Å². The van der Waals surface area contributed by atoms with E-state index in [2.05, 4.69) is 41.6 Å². The summed E-state index contributed by atoms with van der Waals surface area (Å²) >= 11 is 0. The third-order valence-electron chi connectivity index (χ3n) is 3.00. The first-order chi connectivity index (χ1) is 8.08. The second-order valence-electron chi connectivity index (χ2n) is 4.20. The van der Waals surface area contributed by atoms with Gasteiger partial charge < -0.3 is 10.6 Å². The minimum absolute atomic E-state index is 0.223. The monoisotopic (exact) mass is 236 g/mol. The molecule has 0 radical (unpaired) electrons. The molecular weight excluding hydrogens is 216 g/mol. The van der Waals surface area contributed by atoms with Crippen LogP contribution in [-0.4, -0.2) is 29.2 Å². The van der Waals surface area contributed by atoms with E-state index >= 15 is 0 Å². The normalized spacial score (nSPS) is 13.9. The molecule has 0 saturated heterocycles. The van der Waals surface area contributed by atoms with E-state index in [0.717, 1.165) is 6.42 Å². The Balaban J connectivity index is 2.65. The molecule has 2 unspecified atom stereocenters. The van der Waals surface area contributed by atoms with Gasteiger partial charge in [0.15, 0.2) is 5.69 Å². The molecule has 5 heteroatoms. The summed E-state index contributed by atoms with van der Waals surface area (Å²) in [4.78, 5) is 11.3. The lowest BCUT2D eigenvalue weighted by Gasteiger charge is -2.19. The van der Waals surface area contributed by atoms with Gasteiger partial charge in [-0.2, -0.15) is 0 Å². The Hall–Kier alpha value is -1.65. The summed E-state index contributed by atoms with van der Waals surface area (Å²) in [5.74, 6) is 1.04. The van der Waals surface area contributed by atoms with Crippen molar-refractivity contribution in [3.05, 3.63) is 17.8 Å². The first kappa shape index (κ1) is 13.4. The zero-order valence-electron chi connectivity index (χ0n) is 10.8. The quantitative estimate of drug-likeness (QED) is 0.816. The molecule has 0 bridgehead atoms. The van der Waals surface area contributed by atoms with Crippen LogP contribution in [0.1, 0.15) is 37.7 Å². The van der Waals surface area contributed by atoms with E-state index in [4.69, 9.17) is 0 Å². The molecule has 94 valence electrons. The lowest BCUT2D eigenvalue weighted by Crippen LogP contribution is -2.24. The Morgan fingerprint density at radius 2 is 2.06 bits per heavy atom. The summed E-state index contributed by atoms with van der Waals surface area (Å²) in [6.07, 6.45) is 1.11. The number of amides is 1. The van der Waals surface area contributed by atoms with Crippen molar-refractivity contribution in [1.82, 2.24) is 15.5 Å². The van der Waals surface area contributed by atoms with Crippen molar-refractivity contribution in [2.45, 2.75) is 33.2 Å². The summed E-state index contributed by atoms with van der Waals surface area (Å²) in [5.41, 5.74) is 0.328. The minimum atomic E-state index is -0.223. The van der Waals surface area contributed by atoms with Gasteiger partial charge in [0.25, 0.3) is 5.91 Å². The number of anilines is 1. The molecular formula is C12H20N4O. The summed E-state index contributed by atoms with van der Waals surface area (Å²) in [5, 5.41) is 13.6. The average molecular weight is 236 g/mol. The van der Waals surface area contributed by atoms with Crippen molar-refractivity contribution in [3.63, 3.8) is 0 Å². The van der Waals surface area contributed by atoms with Gasteiger partial charge in [-0.3, -0.25) is 4.79 Å². The van der Waals surface area contributed by atoms with Crippen molar-refractivity contribution in [3.8, 4) is 0 Å². The molecule has 0 aromatic carbocycles. The van der Waals surface area contributed by atoms with Crippen molar-refractivity contribution in [1.29, 1.82) is 0 Å². The average Bonchev–Trinajstić information content (AvgIpc) is 2.37. The summed E-state index contributed by atoms with van der Waals surface area (Å²) in [7, 11) is 1.57. The molecule has 1 aromatic heterocycles. The molecule has 1 aromatic rings. The highest BCUT2D eigenvalue weighted by molar-refractivity contribution is 5.91. The van der Waals surface area contributed by atoms with Crippen LogP contribution in [0.3, 0.4) is 0 Å². The van der Waals surface area contributed by atoms with Gasteiger partial charge in [0.2, 0.25) is 0 Å². The van der Waals surface area contributed by atoms with E-state index in [0.29, 0.717) is 23.5 Å². The maximum atomic E-state index is 11.3. The van der Waals surface area contributed by atoms with Crippen LogP contribution in [0.4, 0.5) is 5.82 Å². The largest absolute Gasteiger partial charge is 0.366 e. The highest BCUT2D eigenvalue weighted by atomic mass is 16.1. The van der Waals surface area contributed by atoms with Crippen molar-refractivity contribution in [2.24, 2.45) is 5.92 Å². The number of aromatic nitrogens is 2. The maximum absolute atomic E-state index is 11.3. The molecule has 0 aliphatic rings. The Bertz CT molecular complexity index is 363. The predicted molar refractivity (Wildman–Crippen MR) is 68.0 cm³/mol. The number of carbonyl (C=O) groups is 1. The third kappa shape index (κ3) is 3.69. The fourth-order valence-electron chi connectivity index (χ4n) is 1.39. The lowest BCUT2D eigenvalue weighted by atomic mass is 10.0. The second-order valence-corrected chi connectivity index (χ2v) is 4.20. The van der Waals surface area contributed by atoms with Gasteiger partial charge in [0.05, 0.1) is 0 Å². The van der Waals surface area contributed by atoms with Gasteiger partial charge in [0.1, 0.15) is 5.82 Å². The van der Waals surface area contributed by atoms with E-state index in [9.17, 15) is 4.79 Å². The van der Waals surface area contributed by atoms with Gasteiger partial charge >= 0.3 is 0 Å². The zero-order valence-corrected chi connectivity index (χ0v) is 10.8. The Labute approximate surface area is 102 Å². The molecule has 0 spiro atoms. The van der Waals surface area contributed by atoms with Crippen LogP contribution in [0.25, 0.3) is 0 Å². The van der Waals surface area contributed by atoms with Crippen LogP contribution in [-0.2, 0) is 0 Å². The van der Waals surface area contributed by atoms with Crippen LogP contribution < -0.4 is 10.6 Å². The summed E-state index contributed by atoms with van der Waals surface area (Å²) in [6, 6.07) is 3.77. The third-order valence-corrected chi connectivity index (χ3v) is 3.00. The molecule has 2 atom stereocenters. The first-order valence-corrected chi connectivity index (χ1v) is 5.90. The standard InChI is InChI=1S/C12H20N4O/c1-5-8(2)9(3)14-11-7-6-10(15-16-11)12(17)13-4/h6-9H,5H2,1-4H3,(H,13,17)(H,14,16). The lowest BCUT2D eigenvalue weighted by molar-refractivity contribution is 0.0957. The van der Waals surface area contributed by atoms with E-state index in [1.54, 1.807) is 19.2 Å². The van der Waals surface area contributed by atoms with Gasteiger partial charge in [-0.05, 0) is 25.0 Å². The van der Waals surface area contributed by atoms with Gasteiger partial charge in [-0.15, -0.1) is 10.2 Å². The Morgan fingerprint density at radius 1 is 1.35 bits per heavy atom. The SMILES string of the molecule is CCC(C)C(C)Nc1ccc(C(=O)NC)nn1. The first-order valence-electron chi connectivity index (χ1n) is 5.90. The molecule has 1 rings (SSSR count). The van der Waals surface area contributed by atoms with Crippen LogP contribution >= 0.6 is 0 Å².